The molecule has 0 aliphatic carbocycles. The van der Waals surface area contributed by atoms with Crippen molar-refractivity contribution in [3.05, 3.63) is 66.0 Å². The summed E-state index contributed by atoms with van der Waals surface area (Å²) < 4.78 is 18.1. The van der Waals surface area contributed by atoms with Gasteiger partial charge in [0.15, 0.2) is 5.78 Å². The summed E-state index contributed by atoms with van der Waals surface area (Å²) in [6, 6.07) is 14.6. The molecule has 0 spiro atoms. The number of Topliss-reactive ketones (excluding diaryl/α,β-unsaturated/α-hetero) is 1. The zero-order valence-corrected chi connectivity index (χ0v) is 13.0. The standard InChI is InChI=1S/C19H14FNO3/c1-12(22)11-24-19(23)16-10-18(13-6-8-14(20)9-7-13)21-17-5-3-2-4-15(16)17/h2-10H,11H2,1H3. The molecule has 4 nitrogen and oxygen atoms in total. The second-order valence-electron chi connectivity index (χ2n) is 5.36. The van der Waals surface area contributed by atoms with Crippen LogP contribution in [0.3, 0.4) is 0 Å². The fourth-order valence-electron chi connectivity index (χ4n) is 2.36. The van der Waals surface area contributed by atoms with E-state index in [-0.39, 0.29) is 18.2 Å². The number of halogens is 1. The molecule has 0 unspecified atom stereocenters. The van der Waals surface area contributed by atoms with E-state index in [0.29, 0.717) is 27.7 Å². The number of para-hydroxylation sites is 1. The molecule has 0 saturated carbocycles. The number of fused-ring (bicyclic) bond motifs is 1. The minimum Gasteiger partial charge on any atom is -0.454 e. The van der Waals surface area contributed by atoms with Crippen molar-refractivity contribution >= 4 is 22.7 Å². The number of ketones is 1. The number of pyridine rings is 1. The summed E-state index contributed by atoms with van der Waals surface area (Å²) in [7, 11) is 0. The van der Waals surface area contributed by atoms with Gasteiger partial charge < -0.3 is 4.74 Å². The first kappa shape index (κ1) is 15.8. The van der Waals surface area contributed by atoms with E-state index in [1.807, 2.05) is 6.07 Å². The predicted octanol–water partition coefficient (Wildman–Crippen LogP) is 3.79. The number of benzene rings is 2. The van der Waals surface area contributed by atoms with Gasteiger partial charge in [-0.25, -0.2) is 14.2 Å². The number of esters is 1. The molecule has 3 rings (SSSR count). The molecule has 0 fully saturated rings. The molecule has 0 aliphatic heterocycles. The smallest absolute Gasteiger partial charge is 0.339 e. The average Bonchev–Trinajstić information content (AvgIpc) is 2.59. The van der Waals surface area contributed by atoms with Crippen molar-refractivity contribution < 1.29 is 18.7 Å². The van der Waals surface area contributed by atoms with Gasteiger partial charge in [-0.3, -0.25) is 4.79 Å². The minimum absolute atomic E-state index is 0.236. The molecule has 120 valence electrons. The second kappa shape index (κ2) is 6.58. The van der Waals surface area contributed by atoms with Crippen LogP contribution < -0.4 is 0 Å². The molecule has 5 heteroatoms. The molecule has 0 N–H and O–H groups in total. The predicted molar refractivity (Wildman–Crippen MR) is 88.1 cm³/mol. The summed E-state index contributed by atoms with van der Waals surface area (Å²) in [4.78, 5) is 27.9. The third kappa shape index (κ3) is 3.30. The molecular formula is C19H14FNO3. The SMILES string of the molecule is CC(=O)COC(=O)c1cc(-c2ccc(F)cc2)nc2ccccc12. The van der Waals surface area contributed by atoms with Crippen LogP contribution in [0, 0.1) is 5.82 Å². The fourth-order valence-corrected chi connectivity index (χ4v) is 2.36. The topological polar surface area (TPSA) is 56.3 Å². The van der Waals surface area contributed by atoms with Crippen molar-refractivity contribution in [3.63, 3.8) is 0 Å². The molecule has 24 heavy (non-hydrogen) atoms. The molecule has 0 amide bonds. The Morgan fingerprint density at radius 1 is 1.08 bits per heavy atom. The summed E-state index contributed by atoms with van der Waals surface area (Å²) in [6.45, 7) is 1.07. The Hall–Kier alpha value is -3.08. The Kier molecular flexibility index (Phi) is 4.33. The van der Waals surface area contributed by atoms with Crippen LogP contribution in [-0.2, 0) is 9.53 Å². The summed E-state index contributed by atoms with van der Waals surface area (Å²) in [6.07, 6.45) is 0. The first-order chi connectivity index (χ1) is 11.5. The fraction of sp³-hybridized carbons (Fsp3) is 0.105. The van der Waals surface area contributed by atoms with Crippen molar-refractivity contribution in [2.24, 2.45) is 0 Å². The number of hydrogen-bond acceptors (Lipinski definition) is 4. The number of aromatic nitrogens is 1. The van der Waals surface area contributed by atoms with E-state index in [1.165, 1.54) is 19.1 Å². The third-order valence-corrected chi connectivity index (χ3v) is 3.48. The highest BCUT2D eigenvalue weighted by molar-refractivity contribution is 6.05. The van der Waals surface area contributed by atoms with Gasteiger partial charge in [-0.1, -0.05) is 18.2 Å². The summed E-state index contributed by atoms with van der Waals surface area (Å²) >= 11 is 0. The second-order valence-corrected chi connectivity index (χ2v) is 5.36. The molecule has 0 saturated heterocycles. The van der Waals surface area contributed by atoms with Crippen molar-refractivity contribution in [2.45, 2.75) is 6.92 Å². The first-order valence-corrected chi connectivity index (χ1v) is 7.37. The van der Waals surface area contributed by atoms with E-state index in [4.69, 9.17) is 4.74 Å². The van der Waals surface area contributed by atoms with E-state index < -0.39 is 5.97 Å². The van der Waals surface area contributed by atoms with E-state index in [1.54, 1.807) is 36.4 Å². The zero-order chi connectivity index (χ0) is 17.1. The maximum atomic E-state index is 13.1. The molecule has 1 heterocycles. The van der Waals surface area contributed by atoms with Gasteiger partial charge in [0.2, 0.25) is 0 Å². The average molecular weight is 323 g/mol. The number of carbonyl (C=O) groups excluding carboxylic acids is 2. The van der Waals surface area contributed by atoms with E-state index in [2.05, 4.69) is 4.98 Å². The Morgan fingerprint density at radius 3 is 2.50 bits per heavy atom. The monoisotopic (exact) mass is 323 g/mol. The van der Waals surface area contributed by atoms with Gasteiger partial charge in [-0.2, -0.15) is 0 Å². The molecular weight excluding hydrogens is 309 g/mol. The van der Waals surface area contributed by atoms with Crippen molar-refractivity contribution in [1.29, 1.82) is 0 Å². The van der Waals surface area contributed by atoms with Crippen LogP contribution in [0.1, 0.15) is 17.3 Å². The van der Waals surface area contributed by atoms with Crippen molar-refractivity contribution in [3.8, 4) is 11.3 Å². The Labute approximate surface area is 137 Å². The highest BCUT2D eigenvalue weighted by atomic mass is 19.1. The quantitative estimate of drug-likeness (QED) is 0.686. The van der Waals surface area contributed by atoms with Gasteiger partial charge >= 0.3 is 5.97 Å². The van der Waals surface area contributed by atoms with Crippen LogP contribution in [0.15, 0.2) is 54.6 Å². The number of nitrogens with zero attached hydrogens (tertiary/aromatic N) is 1. The minimum atomic E-state index is -0.591. The molecule has 0 aliphatic rings. The van der Waals surface area contributed by atoms with Crippen molar-refractivity contribution in [2.75, 3.05) is 6.61 Å². The van der Waals surface area contributed by atoms with Gasteiger partial charge in [0.25, 0.3) is 0 Å². The third-order valence-electron chi connectivity index (χ3n) is 3.48. The molecule has 2 aromatic carbocycles. The highest BCUT2D eigenvalue weighted by Gasteiger charge is 2.15. The molecule has 0 radical (unpaired) electrons. The Bertz CT molecular complexity index is 920. The lowest BCUT2D eigenvalue weighted by Crippen LogP contribution is -2.12. The first-order valence-electron chi connectivity index (χ1n) is 7.37. The van der Waals surface area contributed by atoms with Gasteiger partial charge in [-0.15, -0.1) is 0 Å². The van der Waals surface area contributed by atoms with Gasteiger partial charge in [-0.05, 0) is 43.3 Å². The lowest BCUT2D eigenvalue weighted by atomic mass is 10.0. The zero-order valence-electron chi connectivity index (χ0n) is 13.0. The Morgan fingerprint density at radius 2 is 1.79 bits per heavy atom. The summed E-state index contributed by atoms with van der Waals surface area (Å²) in [5.74, 6) is -1.17. The van der Waals surface area contributed by atoms with Crippen LogP contribution in [-0.4, -0.2) is 23.3 Å². The number of rotatable bonds is 4. The maximum Gasteiger partial charge on any atom is 0.339 e. The summed E-state index contributed by atoms with van der Waals surface area (Å²) in [5, 5.41) is 0.636. The van der Waals surface area contributed by atoms with Crippen LogP contribution in [0.4, 0.5) is 4.39 Å². The lowest BCUT2D eigenvalue weighted by Gasteiger charge is -2.09. The van der Waals surface area contributed by atoms with Crippen LogP contribution >= 0.6 is 0 Å². The van der Waals surface area contributed by atoms with Crippen LogP contribution in [0.25, 0.3) is 22.2 Å². The van der Waals surface area contributed by atoms with Gasteiger partial charge in [0.1, 0.15) is 12.4 Å². The highest BCUT2D eigenvalue weighted by Crippen LogP contribution is 2.25. The summed E-state index contributed by atoms with van der Waals surface area (Å²) in [5.41, 5.74) is 2.15. The molecule has 0 bridgehead atoms. The molecule has 1 aromatic heterocycles. The van der Waals surface area contributed by atoms with Crippen LogP contribution in [0.5, 0.6) is 0 Å². The number of carbonyl (C=O) groups is 2. The number of ether oxygens (including phenoxy) is 1. The van der Waals surface area contributed by atoms with Gasteiger partial charge in [0.05, 0.1) is 16.8 Å². The molecule has 3 aromatic rings. The number of hydrogen-bond donors (Lipinski definition) is 0. The lowest BCUT2D eigenvalue weighted by molar-refractivity contribution is -0.120. The van der Waals surface area contributed by atoms with E-state index in [9.17, 15) is 14.0 Å². The van der Waals surface area contributed by atoms with E-state index >= 15 is 0 Å². The largest absolute Gasteiger partial charge is 0.454 e. The maximum absolute atomic E-state index is 13.1. The van der Waals surface area contributed by atoms with Gasteiger partial charge in [0, 0.05) is 10.9 Å². The normalized spacial score (nSPS) is 10.6. The van der Waals surface area contributed by atoms with Crippen LogP contribution in [0.2, 0.25) is 0 Å². The molecule has 0 atom stereocenters. The van der Waals surface area contributed by atoms with E-state index in [0.717, 1.165) is 0 Å². The van der Waals surface area contributed by atoms with Crippen molar-refractivity contribution in [1.82, 2.24) is 4.98 Å². The Balaban J connectivity index is 2.10.